The van der Waals surface area contributed by atoms with Crippen LogP contribution in [0, 0.1) is 0 Å². The van der Waals surface area contributed by atoms with Gasteiger partial charge in [-0.25, -0.2) is 4.79 Å². The molecule has 0 saturated carbocycles. The zero-order valence-electron chi connectivity index (χ0n) is 15.0. The van der Waals surface area contributed by atoms with Crippen LogP contribution in [0.4, 0.5) is 0 Å². The van der Waals surface area contributed by atoms with Crippen LogP contribution < -0.4 is 0 Å². The van der Waals surface area contributed by atoms with Crippen LogP contribution in [0.1, 0.15) is 53.4 Å². The molecule has 0 N–H and O–H groups in total. The lowest BCUT2D eigenvalue weighted by Gasteiger charge is -2.36. The number of rotatable bonds is 5. The smallest absolute Gasteiger partial charge is 0.348 e. The largest absolute Gasteiger partial charge is 0.465 e. The molecule has 2 heterocycles. The van der Waals surface area contributed by atoms with Crippen LogP contribution >= 0.6 is 11.3 Å². The molecule has 23 heavy (non-hydrogen) atoms. The van der Waals surface area contributed by atoms with Crippen molar-refractivity contribution in [1.29, 1.82) is 0 Å². The monoisotopic (exact) mass is 356 g/mol. The first kappa shape index (κ1) is 18.6. The van der Waals surface area contributed by atoms with Crippen molar-refractivity contribution in [2.45, 2.75) is 57.8 Å². The van der Waals surface area contributed by atoms with Gasteiger partial charge >= 0.3 is 5.97 Å². The molecule has 0 radical (unpaired) electrons. The number of carbonyl (C=O) groups excluding carboxylic acids is 1. The summed E-state index contributed by atoms with van der Waals surface area (Å²) in [6, 6.07) is 1.93. The Morgan fingerprint density at radius 1 is 1.43 bits per heavy atom. The highest BCUT2D eigenvalue weighted by atomic mass is 32.1. The summed E-state index contributed by atoms with van der Waals surface area (Å²) in [7, 11) is -0.308. The van der Waals surface area contributed by atoms with Crippen LogP contribution in [0.25, 0.3) is 0 Å². The molecule has 0 spiro atoms. The number of methoxy groups -OCH3 is 1. The Balaban J connectivity index is 2.01. The molecule has 1 aromatic rings. The fraction of sp³-hybridized carbons (Fsp3) is 0.706. The summed E-state index contributed by atoms with van der Waals surface area (Å²) in [5, 5.41) is 0.214. The molecule has 0 aromatic carbocycles. The lowest BCUT2D eigenvalue weighted by Crippen LogP contribution is -2.41. The average Bonchev–Trinajstić information content (AvgIpc) is 2.90. The van der Waals surface area contributed by atoms with Crippen LogP contribution in [0.3, 0.4) is 0 Å². The first-order chi connectivity index (χ1) is 10.7. The summed E-state index contributed by atoms with van der Waals surface area (Å²) in [5.41, 5.74) is 1.14. The van der Waals surface area contributed by atoms with Gasteiger partial charge in [0.15, 0.2) is 8.32 Å². The van der Waals surface area contributed by atoms with Crippen molar-refractivity contribution in [3.8, 4) is 0 Å². The molecule has 0 amide bonds. The van der Waals surface area contributed by atoms with Crippen LogP contribution in [0.2, 0.25) is 18.1 Å². The second kappa shape index (κ2) is 7.05. The van der Waals surface area contributed by atoms with E-state index in [1.165, 1.54) is 23.3 Å². The Kier molecular flexibility index (Phi) is 5.71. The highest BCUT2D eigenvalue weighted by molar-refractivity contribution is 7.14. The molecule has 0 aliphatic carbocycles. The van der Waals surface area contributed by atoms with E-state index >= 15 is 0 Å². The number of thiophene rings is 1. The maximum absolute atomic E-state index is 11.7. The molecule has 4 nitrogen and oxygen atoms in total. The molecule has 0 bridgehead atoms. The number of esters is 1. The molecule has 6 heteroatoms. The van der Waals surface area contributed by atoms with Gasteiger partial charge < -0.3 is 13.9 Å². The number of carbonyl (C=O) groups is 1. The van der Waals surface area contributed by atoms with Crippen molar-refractivity contribution in [2.24, 2.45) is 0 Å². The van der Waals surface area contributed by atoms with Gasteiger partial charge in [-0.3, -0.25) is 0 Å². The molecule has 1 atom stereocenters. The molecule has 1 unspecified atom stereocenters. The van der Waals surface area contributed by atoms with Crippen LogP contribution in [0.15, 0.2) is 6.07 Å². The van der Waals surface area contributed by atoms with Crippen molar-refractivity contribution in [1.82, 2.24) is 0 Å². The Hall–Kier alpha value is -0.693. The third-order valence-corrected chi connectivity index (χ3v) is 10.6. The molecular weight excluding hydrogens is 328 g/mol. The SMILES string of the molecule is COC(=O)c1cc2c(s1)CCOC2CCO[Si](C)(C)C(C)(C)C. The second-order valence-corrected chi connectivity index (χ2v) is 13.4. The third-order valence-electron chi connectivity index (χ3n) is 4.87. The van der Waals surface area contributed by atoms with Gasteiger partial charge in [0, 0.05) is 17.9 Å². The molecule has 130 valence electrons. The van der Waals surface area contributed by atoms with E-state index in [1.807, 2.05) is 6.07 Å². The van der Waals surface area contributed by atoms with Crippen LogP contribution in [-0.2, 0) is 20.3 Å². The van der Waals surface area contributed by atoms with E-state index in [-0.39, 0.29) is 17.1 Å². The van der Waals surface area contributed by atoms with E-state index in [2.05, 4.69) is 33.9 Å². The van der Waals surface area contributed by atoms with Gasteiger partial charge in [0.05, 0.1) is 19.8 Å². The Morgan fingerprint density at radius 2 is 2.13 bits per heavy atom. The zero-order valence-corrected chi connectivity index (χ0v) is 16.8. The Bertz CT molecular complexity index is 559. The summed E-state index contributed by atoms with van der Waals surface area (Å²) < 4.78 is 17.0. The molecule has 0 fully saturated rings. The van der Waals surface area contributed by atoms with Crippen molar-refractivity contribution in [3.63, 3.8) is 0 Å². The summed E-state index contributed by atoms with van der Waals surface area (Å²) in [6.07, 6.45) is 1.73. The molecule has 2 rings (SSSR count). The van der Waals surface area contributed by atoms with Crippen LogP contribution in [0.5, 0.6) is 0 Å². The Labute approximate surface area is 144 Å². The van der Waals surface area contributed by atoms with Gasteiger partial charge in [0.25, 0.3) is 0 Å². The van der Waals surface area contributed by atoms with Crippen LogP contribution in [-0.4, -0.2) is 34.6 Å². The van der Waals surface area contributed by atoms with Crippen molar-refractivity contribution >= 4 is 25.6 Å². The third kappa shape index (κ3) is 4.23. The molecule has 1 aliphatic heterocycles. The highest BCUT2D eigenvalue weighted by Crippen LogP contribution is 2.39. The minimum Gasteiger partial charge on any atom is -0.465 e. The number of fused-ring (bicyclic) bond motifs is 1. The predicted molar refractivity (Wildman–Crippen MR) is 95.8 cm³/mol. The van der Waals surface area contributed by atoms with Gasteiger partial charge in [-0.05, 0) is 36.2 Å². The van der Waals surface area contributed by atoms with E-state index in [1.54, 1.807) is 0 Å². The lowest BCUT2D eigenvalue weighted by atomic mass is 10.0. The lowest BCUT2D eigenvalue weighted by molar-refractivity contribution is 0.0276. The van der Waals surface area contributed by atoms with Gasteiger partial charge in [0.2, 0.25) is 0 Å². The number of hydrogen-bond acceptors (Lipinski definition) is 5. The summed E-state index contributed by atoms with van der Waals surface area (Å²) in [6.45, 7) is 12.7. The summed E-state index contributed by atoms with van der Waals surface area (Å²) >= 11 is 1.53. The molecule has 0 saturated heterocycles. The van der Waals surface area contributed by atoms with E-state index in [9.17, 15) is 4.79 Å². The van der Waals surface area contributed by atoms with Crippen molar-refractivity contribution in [2.75, 3.05) is 20.3 Å². The minimum atomic E-state index is -1.73. The van der Waals surface area contributed by atoms with E-state index in [4.69, 9.17) is 13.9 Å². The highest BCUT2D eigenvalue weighted by Gasteiger charge is 2.37. The fourth-order valence-electron chi connectivity index (χ4n) is 2.37. The number of ether oxygens (including phenoxy) is 2. The maximum Gasteiger partial charge on any atom is 0.348 e. The van der Waals surface area contributed by atoms with Gasteiger partial charge in [-0.15, -0.1) is 11.3 Å². The molecular formula is C17H28O4SSi. The zero-order chi connectivity index (χ0) is 17.3. The van der Waals surface area contributed by atoms with Gasteiger partial charge in [-0.2, -0.15) is 0 Å². The second-order valence-electron chi connectivity index (χ2n) is 7.49. The first-order valence-corrected chi connectivity index (χ1v) is 11.8. The summed E-state index contributed by atoms with van der Waals surface area (Å²) in [4.78, 5) is 13.6. The van der Waals surface area contributed by atoms with E-state index in [0.29, 0.717) is 18.1 Å². The maximum atomic E-state index is 11.7. The normalized spacial score (nSPS) is 18.6. The topological polar surface area (TPSA) is 44.8 Å². The Morgan fingerprint density at radius 3 is 2.74 bits per heavy atom. The molecule has 1 aromatic heterocycles. The quantitative estimate of drug-likeness (QED) is 0.573. The van der Waals surface area contributed by atoms with E-state index < -0.39 is 8.32 Å². The van der Waals surface area contributed by atoms with Crippen molar-refractivity contribution in [3.05, 3.63) is 21.4 Å². The minimum absolute atomic E-state index is 0.0261. The van der Waals surface area contributed by atoms with Gasteiger partial charge in [0.1, 0.15) is 4.88 Å². The first-order valence-electron chi connectivity index (χ1n) is 8.12. The number of hydrogen-bond donors (Lipinski definition) is 0. The fourth-order valence-corrected chi connectivity index (χ4v) is 4.54. The molecule has 1 aliphatic rings. The van der Waals surface area contributed by atoms with Crippen molar-refractivity contribution < 1.29 is 18.7 Å². The van der Waals surface area contributed by atoms with E-state index in [0.717, 1.165) is 18.4 Å². The van der Waals surface area contributed by atoms with Gasteiger partial charge in [-0.1, -0.05) is 20.8 Å². The predicted octanol–water partition coefficient (Wildman–Crippen LogP) is 4.56. The summed E-state index contributed by atoms with van der Waals surface area (Å²) in [5.74, 6) is -0.263. The standard InChI is InChI=1S/C17H28O4SSi/c1-17(2,3)23(5,6)21-10-7-13-12-11-15(16(18)19-4)22-14(12)8-9-20-13/h11,13H,7-10H2,1-6H3. The average molecular weight is 357 g/mol.